The minimum Gasteiger partial charge on any atom is -0.494 e. The predicted octanol–water partition coefficient (Wildman–Crippen LogP) is 1.57. The molecule has 0 radical (unpaired) electrons. The number of unbranched alkanes of at least 4 members (excludes halogenated alkanes) is 2. The molecule has 150 valence electrons. The van der Waals surface area contributed by atoms with Crippen LogP contribution in [0, 0.1) is 0 Å². The number of aliphatic carboxylic acids is 1. The Morgan fingerprint density at radius 3 is 2.82 bits per heavy atom. The van der Waals surface area contributed by atoms with Crippen LogP contribution in [0.4, 0.5) is 5.69 Å². The molecule has 1 atom stereocenters. The van der Waals surface area contributed by atoms with Crippen molar-refractivity contribution in [2.75, 3.05) is 13.2 Å². The van der Waals surface area contributed by atoms with Gasteiger partial charge < -0.3 is 19.5 Å². The molecule has 0 bridgehead atoms. The summed E-state index contributed by atoms with van der Waals surface area (Å²) in [5, 5.41) is 11.7. The highest BCUT2D eigenvalue weighted by molar-refractivity contribution is 6.08. The monoisotopic (exact) mass is 389 g/mol. The minimum atomic E-state index is -1.03. The van der Waals surface area contributed by atoms with Gasteiger partial charge in [-0.15, -0.1) is 0 Å². The second kappa shape index (κ2) is 8.73. The number of carboxylic acid groups (broad SMARTS) is 1. The van der Waals surface area contributed by atoms with E-state index in [4.69, 9.17) is 14.6 Å². The SMILES string of the molecule is CC(=O)OCCCCCOc1ccc2c(c1)CN1C(=N2)NC(=O)C1CC(=O)O. The van der Waals surface area contributed by atoms with Gasteiger partial charge in [0.1, 0.15) is 11.8 Å². The maximum Gasteiger partial charge on any atom is 0.305 e. The number of esters is 1. The van der Waals surface area contributed by atoms with Crippen LogP contribution in [0.3, 0.4) is 0 Å². The second-order valence-electron chi connectivity index (χ2n) is 6.71. The maximum atomic E-state index is 12.0. The van der Waals surface area contributed by atoms with E-state index in [1.54, 1.807) is 4.90 Å². The van der Waals surface area contributed by atoms with E-state index in [9.17, 15) is 14.4 Å². The number of carbonyl (C=O) groups excluding carboxylic acids is 2. The maximum absolute atomic E-state index is 12.0. The molecule has 9 heteroatoms. The number of benzene rings is 1. The van der Waals surface area contributed by atoms with Crippen molar-refractivity contribution >= 4 is 29.5 Å². The lowest BCUT2D eigenvalue weighted by molar-refractivity contribution is -0.141. The lowest BCUT2D eigenvalue weighted by atomic mass is 10.1. The summed E-state index contributed by atoms with van der Waals surface area (Å²) in [5.74, 6) is -0.551. The first kappa shape index (κ1) is 19.7. The van der Waals surface area contributed by atoms with Crippen molar-refractivity contribution in [1.29, 1.82) is 0 Å². The first-order chi connectivity index (χ1) is 13.4. The molecule has 2 heterocycles. The van der Waals surface area contributed by atoms with Gasteiger partial charge in [0.05, 0.1) is 25.3 Å². The highest BCUT2D eigenvalue weighted by Crippen LogP contribution is 2.32. The Hall–Kier alpha value is -3.10. The Balaban J connectivity index is 1.54. The molecule has 0 spiro atoms. The van der Waals surface area contributed by atoms with Crippen molar-refractivity contribution in [1.82, 2.24) is 10.2 Å². The lowest BCUT2D eigenvalue weighted by Crippen LogP contribution is -2.38. The minimum absolute atomic E-state index is 0.267. The van der Waals surface area contributed by atoms with E-state index in [0.29, 0.717) is 31.5 Å². The molecular formula is C19H23N3O6. The van der Waals surface area contributed by atoms with Gasteiger partial charge in [-0.25, -0.2) is 4.99 Å². The lowest BCUT2D eigenvalue weighted by Gasteiger charge is -2.27. The van der Waals surface area contributed by atoms with Gasteiger partial charge in [0.15, 0.2) is 0 Å². The largest absolute Gasteiger partial charge is 0.494 e. The average molecular weight is 389 g/mol. The summed E-state index contributed by atoms with van der Waals surface area (Å²) in [7, 11) is 0. The van der Waals surface area contributed by atoms with Crippen LogP contribution in [0.25, 0.3) is 0 Å². The van der Waals surface area contributed by atoms with Gasteiger partial charge in [-0.3, -0.25) is 19.7 Å². The van der Waals surface area contributed by atoms with Gasteiger partial charge >= 0.3 is 11.9 Å². The summed E-state index contributed by atoms with van der Waals surface area (Å²) >= 11 is 0. The molecule has 1 unspecified atom stereocenters. The van der Waals surface area contributed by atoms with Crippen molar-refractivity contribution in [3.63, 3.8) is 0 Å². The number of amides is 1. The molecule has 1 amide bonds. The zero-order valence-electron chi connectivity index (χ0n) is 15.6. The van der Waals surface area contributed by atoms with Gasteiger partial charge in [-0.1, -0.05) is 0 Å². The first-order valence-electron chi connectivity index (χ1n) is 9.21. The molecule has 0 aromatic heterocycles. The molecule has 28 heavy (non-hydrogen) atoms. The van der Waals surface area contributed by atoms with E-state index in [2.05, 4.69) is 10.3 Å². The number of aliphatic imine (C=N–C) groups is 1. The van der Waals surface area contributed by atoms with Crippen molar-refractivity contribution in [2.24, 2.45) is 4.99 Å². The summed E-state index contributed by atoms with van der Waals surface area (Å²) in [5.41, 5.74) is 1.61. The van der Waals surface area contributed by atoms with Gasteiger partial charge in [0.2, 0.25) is 11.9 Å². The molecule has 2 N–H and O–H groups in total. The van der Waals surface area contributed by atoms with E-state index >= 15 is 0 Å². The summed E-state index contributed by atoms with van der Waals surface area (Å²) in [6.07, 6.45) is 2.26. The van der Waals surface area contributed by atoms with Crippen molar-refractivity contribution in [3.8, 4) is 5.75 Å². The van der Waals surface area contributed by atoms with Crippen LogP contribution in [-0.4, -0.2) is 53.1 Å². The van der Waals surface area contributed by atoms with Crippen LogP contribution in [-0.2, 0) is 25.7 Å². The Labute approximate surface area is 162 Å². The van der Waals surface area contributed by atoms with E-state index in [-0.39, 0.29) is 18.3 Å². The number of guanidine groups is 1. The third-order valence-corrected chi connectivity index (χ3v) is 4.53. The Kier molecular flexibility index (Phi) is 6.13. The van der Waals surface area contributed by atoms with E-state index in [1.165, 1.54) is 6.92 Å². The highest BCUT2D eigenvalue weighted by Gasteiger charge is 2.40. The fraction of sp³-hybridized carbons (Fsp3) is 0.474. The normalized spacial score (nSPS) is 17.3. The smallest absolute Gasteiger partial charge is 0.305 e. The zero-order chi connectivity index (χ0) is 20.1. The molecule has 1 aromatic carbocycles. The predicted molar refractivity (Wildman–Crippen MR) is 99.2 cm³/mol. The van der Waals surface area contributed by atoms with Gasteiger partial charge in [-0.2, -0.15) is 0 Å². The van der Waals surface area contributed by atoms with Crippen LogP contribution >= 0.6 is 0 Å². The summed E-state index contributed by atoms with van der Waals surface area (Å²) in [4.78, 5) is 39.8. The van der Waals surface area contributed by atoms with Crippen LogP contribution in [0.1, 0.15) is 38.2 Å². The van der Waals surface area contributed by atoms with Gasteiger partial charge in [0.25, 0.3) is 0 Å². The second-order valence-corrected chi connectivity index (χ2v) is 6.71. The molecule has 1 aromatic rings. The number of hydrogen-bond donors (Lipinski definition) is 2. The van der Waals surface area contributed by atoms with E-state index < -0.39 is 12.0 Å². The third-order valence-electron chi connectivity index (χ3n) is 4.53. The number of rotatable bonds is 9. The number of carbonyl (C=O) groups is 3. The van der Waals surface area contributed by atoms with Crippen molar-refractivity contribution in [2.45, 2.75) is 45.2 Å². The fourth-order valence-corrected chi connectivity index (χ4v) is 3.17. The first-order valence-corrected chi connectivity index (χ1v) is 9.21. The van der Waals surface area contributed by atoms with Gasteiger partial charge in [0, 0.05) is 19.0 Å². The summed E-state index contributed by atoms with van der Waals surface area (Å²) in [6.45, 7) is 2.75. The van der Waals surface area contributed by atoms with Crippen molar-refractivity contribution in [3.05, 3.63) is 23.8 Å². The zero-order valence-corrected chi connectivity index (χ0v) is 15.6. The number of nitrogens with one attached hydrogen (secondary N) is 1. The molecule has 1 fully saturated rings. The van der Waals surface area contributed by atoms with Gasteiger partial charge in [-0.05, 0) is 37.5 Å². The number of hydrogen-bond acceptors (Lipinski definition) is 7. The molecule has 9 nitrogen and oxygen atoms in total. The summed E-state index contributed by atoms with van der Waals surface area (Å²) in [6, 6.07) is 4.76. The molecule has 2 aliphatic heterocycles. The van der Waals surface area contributed by atoms with Crippen LogP contribution in [0.2, 0.25) is 0 Å². The number of ether oxygens (including phenoxy) is 2. The number of nitrogens with zero attached hydrogens (tertiary/aromatic N) is 2. The molecule has 0 saturated carbocycles. The molecule has 0 aliphatic carbocycles. The van der Waals surface area contributed by atoms with Crippen LogP contribution in [0.5, 0.6) is 5.75 Å². The van der Waals surface area contributed by atoms with Crippen LogP contribution in [0.15, 0.2) is 23.2 Å². The quantitative estimate of drug-likeness (QED) is 0.486. The standard InChI is InChI=1S/C19H23N3O6/c1-12(23)27-7-3-2-4-8-28-14-5-6-15-13(9-14)11-22-16(10-17(24)25)18(26)21-19(22)20-15/h5-6,9,16H,2-4,7-8,10-11H2,1H3,(H,24,25)(H,20,21,26). The third kappa shape index (κ3) is 4.79. The molecule has 2 aliphatic rings. The number of carboxylic acids is 1. The average Bonchev–Trinajstić information content (AvgIpc) is 2.93. The number of fused-ring (bicyclic) bond motifs is 2. The Morgan fingerprint density at radius 2 is 2.07 bits per heavy atom. The van der Waals surface area contributed by atoms with E-state index in [1.807, 2.05) is 18.2 Å². The Morgan fingerprint density at radius 1 is 1.29 bits per heavy atom. The van der Waals surface area contributed by atoms with Crippen molar-refractivity contribution < 1.29 is 29.0 Å². The fourth-order valence-electron chi connectivity index (χ4n) is 3.17. The topological polar surface area (TPSA) is 118 Å². The Bertz CT molecular complexity index is 807. The van der Waals surface area contributed by atoms with Crippen LogP contribution < -0.4 is 10.1 Å². The molecular weight excluding hydrogens is 366 g/mol. The highest BCUT2D eigenvalue weighted by atomic mass is 16.5. The summed E-state index contributed by atoms with van der Waals surface area (Å²) < 4.78 is 10.7. The molecule has 1 saturated heterocycles. The van der Waals surface area contributed by atoms with E-state index in [0.717, 1.165) is 30.5 Å². The molecule has 3 rings (SSSR count).